The van der Waals surface area contributed by atoms with Gasteiger partial charge in [0.1, 0.15) is 5.17 Å². The van der Waals surface area contributed by atoms with Gasteiger partial charge in [-0.1, -0.05) is 29.8 Å². The smallest absolute Gasteiger partial charge is 0.239 e. The zero-order valence-corrected chi connectivity index (χ0v) is 13.1. The lowest BCUT2D eigenvalue weighted by Crippen LogP contribution is -2.38. The van der Waals surface area contributed by atoms with Crippen LogP contribution in [0.3, 0.4) is 0 Å². The fourth-order valence-corrected chi connectivity index (χ4v) is 4.97. The second kappa shape index (κ2) is 6.04. The van der Waals surface area contributed by atoms with Crippen molar-refractivity contribution in [2.75, 3.05) is 26.2 Å². The predicted octanol–water partition coefficient (Wildman–Crippen LogP) is 1.46. The van der Waals surface area contributed by atoms with Crippen molar-refractivity contribution in [3.8, 4) is 0 Å². The zero-order valence-electron chi connectivity index (χ0n) is 11.6. The molecule has 1 fully saturated rings. The monoisotopic (exact) mass is 327 g/mol. The summed E-state index contributed by atoms with van der Waals surface area (Å²) in [5, 5.41) is 3.66. The second-order valence-corrected chi connectivity index (χ2v) is 7.63. The molecule has 3 aliphatic rings. The lowest BCUT2D eigenvalue weighted by Gasteiger charge is -2.31. The Hall–Kier alpha value is -0.950. The van der Waals surface area contributed by atoms with Crippen LogP contribution in [0.4, 0.5) is 0 Å². The average molecular weight is 328 g/mol. The first-order valence-corrected chi connectivity index (χ1v) is 8.91. The first kappa shape index (κ1) is 15.0. The largest absolute Gasteiger partial charge is 0.315 e. The molecule has 0 aromatic heterocycles. The molecule has 0 bridgehead atoms. The van der Waals surface area contributed by atoms with Crippen LogP contribution in [0.5, 0.6) is 0 Å². The van der Waals surface area contributed by atoms with Crippen molar-refractivity contribution < 1.29 is 8.42 Å². The van der Waals surface area contributed by atoms with Crippen molar-refractivity contribution in [3.05, 3.63) is 35.4 Å². The van der Waals surface area contributed by atoms with Crippen LogP contribution < -0.4 is 5.32 Å². The zero-order chi connectivity index (χ0) is 14.9. The SMILES string of the molecule is O=S(=O)(C1=CC=CC2C(Cl)=NC=CC12)N1CCCNCC1. The van der Waals surface area contributed by atoms with Crippen LogP contribution in [0.2, 0.25) is 0 Å². The van der Waals surface area contributed by atoms with E-state index >= 15 is 0 Å². The van der Waals surface area contributed by atoms with E-state index in [0.717, 1.165) is 13.0 Å². The van der Waals surface area contributed by atoms with Gasteiger partial charge in [0.05, 0.1) is 4.91 Å². The van der Waals surface area contributed by atoms with E-state index in [2.05, 4.69) is 10.3 Å². The molecule has 1 saturated heterocycles. The van der Waals surface area contributed by atoms with Crippen molar-refractivity contribution in [1.29, 1.82) is 0 Å². The highest BCUT2D eigenvalue weighted by atomic mass is 35.5. The van der Waals surface area contributed by atoms with Crippen LogP contribution in [0.25, 0.3) is 0 Å². The highest BCUT2D eigenvalue weighted by molar-refractivity contribution is 7.93. The maximum absolute atomic E-state index is 12.9. The minimum Gasteiger partial charge on any atom is -0.315 e. The first-order chi connectivity index (χ1) is 10.1. The molecular formula is C14H18ClN3O2S. The summed E-state index contributed by atoms with van der Waals surface area (Å²) in [6.07, 6.45) is 9.60. The van der Waals surface area contributed by atoms with Crippen LogP contribution in [0.1, 0.15) is 6.42 Å². The topological polar surface area (TPSA) is 61.8 Å². The Balaban J connectivity index is 1.91. The van der Waals surface area contributed by atoms with Gasteiger partial charge in [0.25, 0.3) is 0 Å². The van der Waals surface area contributed by atoms with Gasteiger partial charge in [-0.05, 0) is 19.0 Å². The molecule has 1 aliphatic carbocycles. The molecular weight excluding hydrogens is 310 g/mol. The Bertz CT molecular complexity index is 629. The summed E-state index contributed by atoms with van der Waals surface area (Å²) in [6.45, 7) is 2.61. The Kier molecular flexibility index (Phi) is 4.31. The number of hydrogen-bond acceptors (Lipinski definition) is 4. The van der Waals surface area contributed by atoms with E-state index < -0.39 is 10.0 Å². The van der Waals surface area contributed by atoms with Crippen LogP contribution in [-0.4, -0.2) is 44.1 Å². The number of allylic oxidation sites excluding steroid dienone is 5. The summed E-state index contributed by atoms with van der Waals surface area (Å²) in [7, 11) is -3.46. The average Bonchev–Trinajstić information content (AvgIpc) is 2.77. The van der Waals surface area contributed by atoms with Gasteiger partial charge in [-0.2, -0.15) is 4.31 Å². The van der Waals surface area contributed by atoms with Gasteiger partial charge in [-0.15, -0.1) is 0 Å². The molecule has 0 saturated carbocycles. The number of sulfonamides is 1. The maximum Gasteiger partial charge on any atom is 0.239 e. The van der Waals surface area contributed by atoms with Crippen molar-refractivity contribution in [3.63, 3.8) is 0 Å². The highest BCUT2D eigenvalue weighted by Crippen LogP contribution is 2.36. The van der Waals surface area contributed by atoms with Gasteiger partial charge in [-0.25, -0.2) is 13.4 Å². The van der Waals surface area contributed by atoms with Crippen molar-refractivity contribution >= 4 is 26.8 Å². The Labute approximate surface area is 130 Å². The van der Waals surface area contributed by atoms with Crippen molar-refractivity contribution in [2.45, 2.75) is 6.42 Å². The summed E-state index contributed by atoms with van der Waals surface area (Å²) >= 11 is 6.12. The molecule has 0 spiro atoms. The lowest BCUT2D eigenvalue weighted by atomic mass is 9.88. The summed E-state index contributed by atoms with van der Waals surface area (Å²) in [5.41, 5.74) is 0. The molecule has 1 N–H and O–H groups in total. The van der Waals surface area contributed by atoms with E-state index in [1.165, 1.54) is 0 Å². The minimum atomic E-state index is -3.46. The van der Waals surface area contributed by atoms with E-state index in [-0.39, 0.29) is 11.8 Å². The Morgan fingerprint density at radius 2 is 2.10 bits per heavy atom. The van der Waals surface area contributed by atoms with E-state index in [1.807, 2.05) is 12.2 Å². The molecule has 2 heterocycles. The van der Waals surface area contributed by atoms with Gasteiger partial charge in [-0.3, -0.25) is 0 Å². The number of hydrogen-bond donors (Lipinski definition) is 1. The van der Waals surface area contributed by atoms with E-state index in [4.69, 9.17) is 11.6 Å². The molecule has 2 unspecified atom stereocenters. The summed E-state index contributed by atoms with van der Waals surface area (Å²) in [4.78, 5) is 4.48. The van der Waals surface area contributed by atoms with Crippen LogP contribution in [-0.2, 0) is 10.0 Å². The maximum atomic E-state index is 12.9. The third kappa shape index (κ3) is 2.85. The van der Waals surface area contributed by atoms with Crippen LogP contribution in [0, 0.1) is 11.8 Å². The molecule has 2 aliphatic heterocycles. The van der Waals surface area contributed by atoms with Gasteiger partial charge < -0.3 is 5.32 Å². The predicted molar refractivity (Wildman–Crippen MR) is 84.6 cm³/mol. The molecule has 21 heavy (non-hydrogen) atoms. The fourth-order valence-electron chi connectivity index (χ4n) is 2.88. The number of fused-ring (bicyclic) bond motifs is 1. The molecule has 5 nitrogen and oxygen atoms in total. The van der Waals surface area contributed by atoms with Gasteiger partial charge in [0, 0.05) is 37.7 Å². The number of halogens is 1. The number of nitrogens with zero attached hydrogens (tertiary/aromatic N) is 2. The second-order valence-electron chi connectivity index (χ2n) is 5.31. The molecule has 0 amide bonds. The Morgan fingerprint density at radius 1 is 1.24 bits per heavy atom. The Morgan fingerprint density at radius 3 is 2.95 bits per heavy atom. The van der Waals surface area contributed by atoms with E-state index in [0.29, 0.717) is 29.7 Å². The quantitative estimate of drug-likeness (QED) is 0.835. The van der Waals surface area contributed by atoms with Gasteiger partial charge >= 0.3 is 0 Å². The molecule has 0 radical (unpaired) electrons. The molecule has 3 rings (SSSR count). The van der Waals surface area contributed by atoms with Crippen LogP contribution >= 0.6 is 11.6 Å². The summed E-state index contributed by atoms with van der Waals surface area (Å²) in [6, 6.07) is 0. The van der Waals surface area contributed by atoms with E-state index in [1.54, 1.807) is 22.7 Å². The van der Waals surface area contributed by atoms with E-state index in [9.17, 15) is 8.42 Å². The number of rotatable bonds is 2. The van der Waals surface area contributed by atoms with Gasteiger partial charge in [0.2, 0.25) is 10.0 Å². The number of aliphatic imine (C=N–C) groups is 1. The van der Waals surface area contributed by atoms with Crippen molar-refractivity contribution in [1.82, 2.24) is 9.62 Å². The highest BCUT2D eigenvalue weighted by Gasteiger charge is 2.37. The summed E-state index contributed by atoms with van der Waals surface area (Å²) < 4.78 is 27.4. The third-order valence-corrected chi connectivity index (χ3v) is 6.40. The molecule has 0 aromatic carbocycles. The number of nitrogens with one attached hydrogen (secondary N) is 1. The first-order valence-electron chi connectivity index (χ1n) is 7.10. The van der Waals surface area contributed by atoms with Crippen LogP contribution in [0.15, 0.2) is 40.4 Å². The molecule has 0 aromatic rings. The normalized spacial score (nSPS) is 30.3. The standard InChI is InChI=1S/C14H18ClN3O2S/c15-14-12-3-1-4-13(11(12)5-7-17-14)21(19,20)18-9-2-6-16-8-10-18/h1,3-5,7,11-12,16H,2,6,8-10H2. The molecule has 114 valence electrons. The molecule has 7 heteroatoms. The fraction of sp³-hybridized carbons (Fsp3) is 0.500. The summed E-state index contributed by atoms with van der Waals surface area (Å²) in [5.74, 6) is -0.419. The lowest BCUT2D eigenvalue weighted by molar-refractivity contribution is 0.432. The van der Waals surface area contributed by atoms with Gasteiger partial charge in [0.15, 0.2) is 0 Å². The third-order valence-electron chi connectivity index (χ3n) is 4.00. The minimum absolute atomic E-state index is 0.170. The van der Waals surface area contributed by atoms with Crippen molar-refractivity contribution in [2.24, 2.45) is 16.8 Å². The molecule has 2 atom stereocenters.